The molecule has 3 fully saturated rings. The summed E-state index contributed by atoms with van der Waals surface area (Å²) in [6.45, 7) is 5.35. The Hall–Kier alpha value is -5.78. The van der Waals surface area contributed by atoms with Crippen molar-refractivity contribution in [2.45, 2.75) is 77.3 Å². The van der Waals surface area contributed by atoms with Crippen LogP contribution in [0.25, 0.3) is 33.6 Å². The molecule has 12 nitrogen and oxygen atoms in total. The number of hydrogen-bond acceptors (Lipinski definition) is 7. The molecule has 1 aliphatic heterocycles. The van der Waals surface area contributed by atoms with Gasteiger partial charge in [0.25, 0.3) is 0 Å². The van der Waals surface area contributed by atoms with Crippen molar-refractivity contribution >= 4 is 18.4 Å². The average Bonchev–Trinajstić information content (AvgIpc) is 4.09. The van der Waals surface area contributed by atoms with Crippen LogP contribution in [0.4, 0.5) is 4.79 Å². The molecule has 12 heteroatoms. The standard InChI is InChI=1S/C33H36N6O3.C7H8N2O.C3H8/c1-42-33(41)36-19-30(40)39-14-2-3-29(39)32-35-18-28(38-32)24-12-8-22(9-13-24)21-6-10-23(11-7-21)27-17-34-31(37-27)26-16-20-4-5-25(26)15-20;10-6-9-5-7-2-1-3-8-4-7;1-3-2/h6-13,17-18,20,25-26,29H,2-5,14-16,19H2,1H3,(H,34,37)(H,35,38)(H,36,41);1-4,6H,5H2,(H,9,10);3H2,1-2H3. The number of carbonyl (C=O) groups excluding carboxylic acids is 3. The smallest absolute Gasteiger partial charge is 0.407 e. The van der Waals surface area contributed by atoms with Crippen molar-refractivity contribution in [3.05, 3.63) is 103 Å². The fourth-order valence-electron chi connectivity index (χ4n) is 7.92. The summed E-state index contributed by atoms with van der Waals surface area (Å²) in [4.78, 5) is 56.0. The lowest BCUT2D eigenvalue weighted by Gasteiger charge is -2.23. The van der Waals surface area contributed by atoms with E-state index in [0.717, 1.165) is 69.7 Å². The van der Waals surface area contributed by atoms with Crippen LogP contribution in [-0.2, 0) is 20.9 Å². The molecule has 8 rings (SSSR count). The highest BCUT2D eigenvalue weighted by molar-refractivity contribution is 5.82. The number of imidazole rings is 2. The molecule has 0 radical (unpaired) electrons. The SMILES string of the molecule is CCC.COC(=O)NCC(=O)N1CCCC1c1ncc(-c2ccc(-c3ccc(-c4cnc(C5CC6CCC5C6)[nH]4)cc3)cc2)[nH]1.O=CNCc1cccnc1. The quantitative estimate of drug-likeness (QED) is 0.106. The average molecular weight is 745 g/mol. The second-order valence-electron chi connectivity index (χ2n) is 14.5. The summed E-state index contributed by atoms with van der Waals surface area (Å²) < 4.78 is 4.57. The minimum absolute atomic E-state index is 0.0939. The monoisotopic (exact) mass is 744 g/mol. The summed E-state index contributed by atoms with van der Waals surface area (Å²) >= 11 is 0. The maximum absolute atomic E-state index is 12.7. The van der Waals surface area contributed by atoms with E-state index in [1.807, 2.05) is 24.5 Å². The van der Waals surface area contributed by atoms with Gasteiger partial charge in [-0.1, -0.05) is 81.3 Å². The normalized spacial score (nSPS) is 19.4. The Morgan fingerprint density at radius 3 is 2.05 bits per heavy atom. The Kier molecular flexibility index (Phi) is 13.5. The number of alkyl carbamates (subject to hydrolysis) is 1. The van der Waals surface area contributed by atoms with Crippen molar-refractivity contribution in [1.82, 2.24) is 40.5 Å². The molecule has 3 amide bonds. The number of carbonyl (C=O) groups is 3. The van der Waals surface area contributed by atoms with Gasteiger partial charge in [-0.2, -0.15) is 0 Å². The molecule has 5 aromatic rings. The van der Waals surface area contributed by atoms with Gasteiger partial charge in [0.1, 0.15) is 18.2 Å². The van der Waals surface area contributed by atoms with Gasteiger partial charge in [0.15, 0.2) is 0 Å². The lowest BCUT2D eigenvalue weighted by atomic mass is 9.88. The second-order valence-corrected chi connectivity index (χ2v) is 14.5. The van der Waals surface area contributed by atoms with Gasteiger partial charge in [-0.25, -0.2) is 14.8 Å². The number of pyridine rings is 1. The summed E-state index contributed by atoms with van der Waals surface area (Å²) in [5, 5.41) is 5.01. The van der Waals surface area contributed by atoms with Crippen molar-refractivity contribution in [2.24, 2.45) is 11.8 Å². The van der Waals surface area contributed by atoms with Crippen molar-refractivity contribution in [1.29, 1.82) is 0 Å². The Morgan fingerprint density at radius 2 is 1.49 bits per heavy atom. The molecule has 0 spiro atoms. The molecular formula is C43H52N8O4. The van der Waals surface area contributed by atoms with Crippen LogP contribution in [0, 0.1) is 11.8 Å². The molecule has 2 saturated carbocycles. The third-order valence-electron chi connectivity index (χ3n) is 10.6. The molecule has 2 aliphatic carbocycles. The second kappa shape index (κ2) is 19.0. The molecule has 4 heterocycles. The first-order valence-corrected chi connectivity index (χ1v) is 19.4. The molecule has 4 N–H and O–H groups in total. The highest BCUT2D eigenvalue weighted by Crippen LogP contribution is 2.52. The maximum Gasteiger partial charge on any atom is 0.407 e. The van der Waals surface area contributed by atoms with Gasteiger partial charge in [-0.15, -0.1) is 0 Å². The molecule has 1 saturated heterocycles. The van der Waals surface area contributed by atoms with E-state index in [2.05, 4.69) is 97.7 Å². The largest absolute Gasteiger partial charge is 0.453 e. The van der Waals surface area contributed by atoms with Gasteiger partial charge in [0.2, 0.25) is 12.3 Å². The number of nitrogens with one attached hydrogen (secondary N) is 4. The summed E-state index contributed by atoms with van der Waals surface area (Å²) in [7, 11) is 1.28. The van der Waals surface area contributed by atoms with Crippen LogP contribution < -0.4 is 10.6 Å². The van der Waals surface area contributed by atoms with E-state index in [-0.39, 0.29) is 18.5 Å². The van der Waals surface area contributed by atoms with E-state index < -0.39 is 6.09 Å². The van der Waals surface area contributed by atoms with Crippen molar-refractivity contribution in [3.63, 3.8) is 0 Å². The van der Waals surface area contributed by atoms with Crippen LogP contribution in [-0.4, -0.2) is 68.4 Å². The summed E-state index contributed by atoms with van der Waals surface area (Å²) in [5.41, 5.74) is 7.49. The van der Waals surface area contributed by atoms with Crippen LogP contribution in [0.1, 0.15) is 88.0 Å². The molecule has 2 aromatic carbocycles. The molecule has 2 bridgehead atoms. The third kappa shape index (κ3) is 9.86. The molecule has 4 unspecified atom stereocenters. The van der Waals surface area contributed by atoms with E-state index in [0.29, 0.717) is 25.4 Å². The van der Waals surface area contributed by atoms with Gasteiger partial charge < -0.3 is 30.2 Å². The van der Waals surface area contributed by atoms with Crippen molar-refractivity contribution in [2.75, 3.05) is 20.2 Å². The molecule has 3 aliphatic rings. The number of ether oxygens (including phenoxy) is 1. The van der Waals surface area contributed by atoms with E-state index in [1.165, 1.54) is 45.0 Å². The predicted octanol–water partition coefficient (Wildman–Crippen LogP) is 7.80. The number of amides is 3. The topological polar surface area (TPSA) is 158 Å². The Morgan fingerprint density at radius 1 is 0.855 bits per heavy atom. The van der Waals surface area contributed by atoms with Gasteiger partial charge >= 0.3 is 6.09 Å². The van der Waals surface area contributed by atoms with Crippen molar-refractivity contribution in [3.8, 4) is 33.6 Å². The van der Waals surface area contributed by atoms with Crippen LogP contribution in [0.5, 0.6) is 0 Å². The first-order chi connectivity index (χ1) is 26.9. The highest BCUT2D eigenvalue weighted by Gasteiger charge is 2.41. The van der Waals surface area contributed by atoms with E-state index in [9.17, 15) is 14.4 Å². The fraction of sp³-hybridized carbons (Fsp3) is 0.395. The number of fused-ring (bicyclic) bond motifs is 2. The highest BCUT2D eigenvalue weighted by atomic mass is 16.5. The number of benzene rings is 2. The van der Waals surface area contributed by atoms with Gasteiger partial charge in [0.05, 0.1) is 36.9 Å². The molecule has 4 atom stereocenters. The predicted molar refractivity (Wildman–Crippen MR) is 212 cm³/mol. The summed E-state index contributed by atoms with van der Waals surface area (Å²) in [6.07, 6.45) is 15.7. The first kappa shape index (κ1) is 38.9. The molecule has 3 aromatic heterocycles. The minimum Gasteiger partial charge on any atom is -0.453 e. The zero-order valence-electron chi connectivity index (χ0n) is 32.0. The van der Waals surface area contributed by atoms with E-state index >= 15 is 0 Å². The number of H-pyrrole nitrogens is 2. The number of rotatable bonds is 10. The number of methoxy groups -OCH3 is 1. The van der Waals surface area contributed by atoms with Crippen LogP contribution in [0.2, 0.25) is 0 Å². The van der Waals surface area contributed by atoms with Crippen LogP contribution >= 0.6 is 0 Å². The lowest BCUT2D eigenvalue weighted by molar-refractivity contribution is -0.131. The van der Waals surface area contributed by atoms with E-state index in [4.69, 9.17) is 4.98 Å². The van der Waals surface area contributed by atoms with E-state index in [1.54, 1.807) is 17.3 Å². The lowest BCUT2D eigenvalue weighted by Crippen LogP contribution is -2.40. The van der Waals surface area contributed by atoms with Crippen LogP contribution in [0.15, 0.2) is 85.5 Å². The molecular weight excluding hydrogens is 693 g/mol. The number of nitrogens with zero attached hydrogens (tertiary/aromatic N) is 4. The van der Waals surface area contributed by atoms with Gasteiger partial charge in [-0.05, 0) is 77.8 Å². The Bertz CT molecular complexity index is 1980. The molecule has 288 valence electrons. The molecule has 55 heavy (non-hydrogen) atoms. The third-order valence-corrected chi connectivity index (χ3v) is 10.6. The summed E-state index contributed by atoms with van der Waals surface area (Å²) in [5.74, 6) is 4.11. The van der Waals surface area contributed by atoms with Crippen LogP contribution in [0.3, 0.4) is 0 Å². The first-order valence-electron chi connectivity index (χ1n) is 19.4. The number of likely N-dealkylation sites (tertiary alicyclic amines) is 1. The maximum atomic E-state index is 12.7. The van der Waals surface area contributed by atoms with Gasteiger partial charge in [0, 0.05) is 31.4 Å². The zero-order chi connectivity index (χ0) is 38.6. The minimum atomic E-state index is -0.615. The van der Waals surface area contributed by atoms with Gasteiger partial charge in [-0.3, -0.25) is 14.6 Å². The zero-order valence-corrected chi connectivity index (χ0v) is 32.0. The Balaban J connectivity index is 0.000000339. The fourth-order valence-corrected chi connectivity index (χ4v) is 7.92. The Labute approximate surface area is 322 Å². The summed E-state index contributed by atoms with van der Waals surface area (Å²) in [6, 6.07) is 20.7. The number of aromatic nitrogens is 5. The number of hydrogen-bond donors (Lipinski definition) is 4. The van der Waals surface area contributed by atoms with Crippen molar-refractivity contribution < 1.29 is 19.1 Å². The number of aromatic amines is 2.